The van der Waals surface area contributed by atoms with E-state index in [1.807, 2.05) is 0 Å². The highest BCUT2D eigenvalue weighted by atomic mass is 16.5. The van der Waals surface area contributed by atoms with Crippen LogP contribution in [0, 0.1) is 5.92 Å². The Balaban J connectivity index is 2.07. The van der Waals surface area contributed by atoms with E-state index in [9.17, 15) is 0 Å². The Bertz CT molecular complexity index is 350. The summed E-state index contributed by atoms with van der Waals surface area (Å²) in [6, 6.07) is 8.46. The molecule has 0 bridgehead atoms. The van der Waals surface area contributed by atoms with Crippen LogP contribution in [0.15, 0.2) is 36.4 Å². The van der Waals surface area contributed by atoms with Crippen LogP contribution in [-0.2, 0) is 0 Å². The van der Waals surface area contributed by atoms with E-state index in [-0.39, 0.29) is 0 Å². The van der Waals surface area contributed by atoms with Gasteiger partial charge in [0.2, 0.25) is 0 Å². The first-order valence-electron chi connectivity index (χ1n) is 6.15. The molecule has 1 nitrogen and oxygen atoms in total. The Morgan fingerprint density at radius 2 is 1.88 bits per heavy atom. The number of methoxy groups -OCH3 is 1. The average Bonchev–Trinajstić information content (AvgIpc) is 2.39. The summed E-state index contributed by atoms with van der Waals surface area (Å²) in [5.74, 6) is 2.35. The van der Waals surface area contributed by atoms with Crippen molar-refractivity contribution < 1.29 is 4.74 Å². The predicted octanol–water partition coefficient (Wildman–Crippen LogP) is 4.16. The van der Waals surface area contributed by atoms with Gasteiger partial charge in [0.15, 0.2) is 0 Å². The average molecular weight is 216 g/mol. The molecule has 1 aromatic carbocycles. The Kier molecular flexibility index (Phi) is 3.66. The highest BCUT2D eigenvalue weighted by Crippen LogP contribution is 2.32. The lowest BCUT2D eigenvalue weighted by atomic mass is 9.83. The van der Waals surface area contributed by atoms with E-state index in [0.29, 0.717) is 5.92 Å². The quantitative estimate of drug-likeness (QED) is 0.689. The molecule has 0 saturated carbocycles. The molecule has 0 N–H and O–H groups in total. The number of hydrogen-bond donors (Lipinski definition) is 0. The van der Waals surface area contributed by atoms with E-state index >= 15 is 0 Å². The molecule has 1 heteroatoms. The molecule has 0 aromatic heterocycles. The minimum Gasteiger partial charge on any atom is -0.497 e. The van der Waals surface area contributed by atoms with E-state index in [4.69, 9.17) is 4.74 Å². The van der Waals surface area contributed by atoms with Gasteiger partial charge in [-0.25, -0.2) is 0 Å². The summed E-state index contributed by atoms with van der Waals surface area (Å²) < 4.78 is 5.17. The second-order valence-corrected chi connectivity index (χ2v) is 4.51. The summed E-state index contributed by atoms with van der Waals surface area (Å²) in [5.41, 5.74) is 1.41. The highest BCUT2D eigenvalue weighted by molar-refractivity contribution is 5.32. The van der Waals surface area contributed by atoms with E-state index < -0.39 is 0 Å². The van der Waals surface area contributed by atoms with Gasteiger partial charge >= 0.3 is 0 Å². The van der Waals surface area contributed by atoms with Crippen molar-refractivity contribution in [2.45, 2.75) is 32.1 Å². The summed E-state index contributed by atoms with van der Waals surface area (Å²) in [4.78, 5) is 0. The topological polar surface area (TPSA) is 9.23 Å². The van der Waals surface area contributed by atoms with Crippen LogP contribution in [-0.4, -0.2) is 7.11 Å². The summed E-state index contributed by atoms with van der Waals surface area (Å²) >= 11 is 0. The van der Waals surface area contributed by atoms with Crippen LogP contribution < -0.4 is 4.74 Å². The van der Waals surface area contributed by atoms with E-state index in [2.05, 4.69) is 43.3 Å². The maximum Gasteiger partial charge on any atom is 0.118 e. The number of ether oxygens (including phenoxy) is 1. The molecule has 86 valence electrons. The van der Waals surface area contributed by atoms with Gasteiger partial charge in [-0.2, -0.15) is 0 Å². The number of benzene rings is 1. The summed E-state index contributed by atoms with van der Waals surface area (Å²) in [6.07, 6.45) is 8.63. The van der Waals surface area contributed by atoms with Crippen molar-refractivity contribution in [3.63, 3.8) is 0 Å². The minimum atomic E-state index is 0.605. The zero-order valence-corrected chi connectivity index (χ0v) is 10.1. The van der Waals surface area contributed by atoms with Crippen molar-refractivity contribution in [3.8, 4) is 5.75 Å². The molecule has 1 aliphatic rings. The molecular formula is C15H20O. The van der Waals surface area contributed by atoms with Crippen molar-refractivity contribution in [1.82, 2.24) is 0 Å². The first kappa shape index (κ1) is 11.3. The SMILES string of the molecule is CC[C@@H]1C=CC(c2ccc(OC)cc2)CC1. The van der Waals surface area contributed by atoms with Crippen LogP contribution in [0.25, 0.3) is 0 Å². The van der Waals surface area contributed by atoms with Crippen LogP contribution >= 0.6 is 0 Å². The maximum absolute atomic E-state index is 5.17. The van der Waals surface area contributed by atoms with Crippen LogP contribution in [0.4, 0.5) is 0 Å². The van der Waals surface area contributed by atoms with Crippen molar-refractivity contribution in [1.29, 1.82) is 0 Å². The van der Waals surface area contributed by atoms with Crippen molar-refractivity contribution >= 4 is 0 Å². The monoisotopic (exact) mass is 216 g/mol. The molecule has 2 rings (SSSR count). The third-order valence-corrected chi connectivity index (χ3v) is 3.53. The second kappa shape index (κ2) is 5.20. The third-order valence-electron chi connectivity index (χ3n) is 3.53. The number of rotatable bonds is 3. The zero-order valence-electron chi connectivity index (χ0n) is 10.1. The molecular weight excluding hydrogens is 196 g/mol. The molecule has 1 aromatic rings. The van der Waals surface area contributed by atoms with Crippen LogP contribution in [0.2, 0.25) is 0 Å². The molecule has 0 saturated heterocycles. The Labute approximate surface area is 98.1 Å². The number of allylic oxidation sites excluding steroid dienone is 2. The van der Waals surface area contributed by atoms with E-state index in [1.165, 1.54) is 24.8 Å². The van der Waals surface area contributed by atoms with Gasteiger partial charge in [0, 0.05) is 5.92 Å². The maximum atomic E-state index is 5.17. The van der Waals surface area contributed by atoms with E-state index in [0.717, 1.165) is 11.7 Å². The minimum absolute atomic E-state index is 0.605. The normalized spacial score (nSPS) is 24.4. The first-order valence-corrected chi connectivity index (χ1v) is 6.15. The lowest BCUT2D eigenvalue weighted by Gasteiger charge is -2.22. The Morgan fingerprint density at radius 1 is 1.12 bits per heavy atom. The molecule has 0 radical (unpaired) electrons. The van der Waals surface area contributed by atoms with Gasteiger partial charge < -0.3 is 4.74 Å². The lowest BCUT2D eigenvalue weighted by molar-refractivity contribution is 0.414. The summed E-state index contributed by atoms with van der Waals surface area (Å²) in [6.45, 7) is 2.27. The molecule has 1 aliphatic carbocycles. The fourth-order valence-electron chi connectivity index (χ4n) is 2.35. The van der Waals surface area contributed by atoms with Gasteiger partial charge in [-0.05, 0) is 42.9 Å². The van der Waals surface area contributed by atoms with Gasteiger partial charge in [-0.1, -0.05) is 31.2 Å². The number of hydrogen-bond acceptors (Lipinski definition) is 1. The van der Waals surface area contributed by atoms with Gasteiger partial charge in [0.25, 0.3) is 0 Å². The first-order chi connectivity index (χ1) is 7.83. The molecule has 0 fully saturated rings. The summed E-state index contributed by atoms with van der Waals surface area (Å²) in [7, 11) is 1.71. The zero-order chi connectivity index (χ0) is 11.4. The van der Waals surface area contributed by atoms with Crippen molar-refractivity contribution in [3.05, 3.63) is 42.0 Å². The lowest BCUT2D eigenvalue weighted by Crippen LogP contribution is -2.06. The van der Waals surface area contributed by atoms with E-state index in [1.54, 1.807) is 7.11 Å². The molecule has 2 atom stereocenters. The van der Waals surface area contributed by atoms with Crippen molar-refractivity contribution in [2.75, 3.05) is 7.11 Å². The molecule has 0 amide bonds. The molecule has 0 heterocycles. The fraction of sp³-hybridized carbons (Fsp3) is 0.467. The van der Waals surface area contributed by atoms with Gasteiger partial charge in [0.1, 0.15) is 5.75 Å². The molecule has 1 unspecified atom stereocenters. The fourth-order valence-corrected chi connectivity index (χ4v) is 2.35. The van der Waals surface area contributed by atoms with Gasteiger partial charge in [0.05, 0.1) is 7.11 Å². The van der Waals surface area contributed by atoms with Crippen molar-refractivity contribution in [2.24, 2.45) is 5.92 Å². The molecule has 0 spiro atoms. The largest absolute Gasteiger partial charge is 0.497 e. The van der Waals surface area contributed by atoms with Crippen LogP contribution in [0.3, 0.4) is 0 Å². The van der Waals surface area contributed by atoms with Gasteiger partial charge in [-0.15, -0.1) is 0 Å². The Morgan fingerprint density at radius 3 is 2.38 bits per heavy atom. The highest BCUT2D eigenvalue weighted by Gasteiger charge is 2.15. The molecule has 0 aliphatic heterocycles. The smallest absolute Gasteiger partial charge is 0.118 e. The summed E-state index contributed by atoms with van der Waals surface area (Å²) in [5, 5.41) is 0. The molecule has 16 heavy (non-hydrogen) atoms. The second-order valence-electron chi connectivity index (χ2n) is 4.51. The van der Waals surface area contributed by atoms with Gasteiger partial charge in [-0.3, -0.25) is 0 Å². The predicted molar refractivity (Wildman–Crippen MR) is 67.9 cm³/mol. The van der Waals surface area contributed by atoms with Crippen LogP contribution in [0.1, 0.15) is 37.7 Å². The van der Waals surface area contributed by atoms with Crippen LogP contribution in [0.5, 0.6) is 5.75 Å². The third kappa shape index (κ3) is 2.46. The Hall–Kier alpha value is -1.24. The standard InChI is InChI=1S/C15H20O/c1-3-12-4-6-13(7-5-12)14-8-10-15(16-2)11-9-14/h4,6,8-13H,3,5,7H2,1-2H3/t12-,13?/m1/s1.